The van der Waals surface area contributed by atoms with E-state index < -0.39 is 28.3 Å². The maximum absolute atomic E-state index is 12.9. The van der Waals surface area contributed by atoms with Gasteiger partial charge in [-0.05, 0) is 38.8 Å². The molecule has 11 heteroatoms. The maximum Gasteiger partial charge on any atom is 0.416 e. The number of alkyl halides is 3. The molecule has 1 fully saturated rings. The number of piperidine rings is 1. The van der Waals surface area contributed by atoms with Gasteiger partial charge in [0.2, 0.25) is 5.91 Å². The molecule has 1 heterocycles. The van der Waals surface area contributed by atoms with Crippen molar-refractivity contribution in [3.05, 3.63) is 33.9 Å². The average molecular weight is 431 g/mol. The van der Waals surface area contributed by atoms with Crippen LogP contribution in [0.3, 0.4) is 0 Å². The number of nitrogens with zero attached hydrogens (tertiary/aromatic N) is 3. The van der Waals surface area contributed by atoms with Gasteiger partial charge in [0.05, 0.1) is 17.6 Å². The molecular weight excluding hydrogens is 407 g/mol. The Kier molecular flexibility index (Phi) is 7.27. The van der Waals surface area contributed by atoms with Gasteiger partial charge in [0.1, 0.15) is 12.2 Å². The molecule has 0 unspecified atom stereocenters. The van der Waals surface area contributed by atoms with Crippen molar-refractivity contribution in [2.24, 2.45) is 5.92 Å². The Morgan fingerprint density at radius 3 is 2.37 bits per heavy atom. The molecule has 0 aliphatic carbocycles. The second-order valence-corrected chi connectivity index (χ2v) is 7.36. The normalized spacial score (nSPS) is 15.2. The molecule has 2 rings (SSSR count). The number of esters is 1. The molecule has 0 N–H and O–H groups in total. The third kappa shape index (κ3) is 5.39. The third-order valence-corrected chi connectivity index (χ3v) is 5.12. The number of benzene rings is 1. The number of ether oxygens (including phenoxy) is 1. The van der Waals surface area contributed by atoms with Crippen molar-refractivity contribution in [3.63, 3.8) is 0 Å². The van der Waals surface area contributed by atoms with Crippen LogP contribution in [0.25, 0.3) is 0 Å². The van der Waals surface area contributed by atoms with Crippen LogP contribution in [0.1, 0.15) is 32.3 Å². The van der Waals surface area contributed by atoms with E-state index in [0.29, 0.717) is 18.9 Å². The highest BCUT2D eigenvalue weighted by Crippen LogP contribution is 2.37. The van der Waals surface area contributed by atoms with Gasteiger partial charge in [-0.2, -0.15) is 13.2 Å². The number of methoxy groups -OCH3 is 1. The Balaban J connectivity index is 2.14. The fourth-order valence-electron chi connectivity index (χ4n) is 3.43. The number of amides is 1. The van der Waals surface area contributed by atoms with Gasteiger partial charge < -0.3 is 14.5 Å². The van der Waals surface area contributed by atoms with Gasteiger partial charge in [-0.15, -0.1) is 0 Å². The van der Waals surface area contributed by atoms with Gasteiger partial charge in [-0.1, -0.05) is 0 Å². The number of hydrogen-bond acceptors (Lipinski definition) is 6. The average Bonchev–Trinajstić information content (AvgIpc) is 2.70. The predicted molar refractivity (Wildman–Crippen MR) is 102 cm³/mol. The minimum atomic E-state index is -4.68. The first-order valence-electron chi connectivity index (χ1n) is 9.43. The zero-order valence-corrected chi connectivity index (χ0v) is 16.9. The number of carbonyl (C=O) groups is 2. The van der Waals surface area contributed by atoms with Crippen molar-refractivity contribution >= 4 is 23.3 Å². The summed E-state index contributed by atoms with van der Waals surface area (Å²) in [5, 5.41) is 11.3. The van der Waals surface area contributed by atoms with Crippen LogP contribution >= 0.6 is 0 Å². The first-order valence-corrected chi connectivity index (χ1v) is 9.43. The monoisotopic (exact) mass is 431 g/mol. The second-order valence-electron chi connectivity index (χ2n) is 7.36. The van der Waals surface area contributed by atoms with Crippen LogP contribution in [0.4, 0.5) is 24.5 Å². The zero-order chi connectivity index (χ0) is 22.6. The van der Waals surface area contributed by atoms with Crippen LogP contribution in [0.15, 0.2) is 18.2 Å². The predicted octanol–water partition coefficient (Wildman–Crippen LogP) is 3.24. The first-order chi connectivity index (χ1) is 14.0. The minimum absolute atomic E-state index is 0.0918. The summed E-state index contributed by atoms with van der Waals surface area (Å²) in [6.07, 6.45) is -3.95. The number of nitro benzene ring substituents is 1. The van der Waals surface area contributed by atoms with Gasteiger partial charge in [0, 0.05) is 31.1 Å². The van der Waals surface area contributed by atoms with E-state index in [1.165, 1.54) is 12.0 Å². The van der Waals surface area contributed by atoms with Crippen molar-refractivity contribution < 1.29 is 32.4 Å². The van der Waals surface area contributed by atoms with E-state index in [4.69, 9.17) is 0 Å². The lowest BCUT2D eigenvalue weighted by atomic mass is 9.94. The smallest absolute Gasteiger partial charge is 0.416 e. The molecule has 0 bridgehead atoms. The van der Waals surface area contributed by atoms with Gasteiger partial charge >= 0.3 is 12.1 Å². The SMILES string of the molecule is COC(=O)CN(C(=O)C1CCN(c2ccc(C(F)(F)F)cc2[N+](=O)[O-])CC1)C(C)C. The highest BCUT2D eigenvalue weighted by atomic mass is 19.4. The van der Waals surface area contributed by atoms with Gasteiger partial charge in [-0.3, -0.25) is 19.7 Å². The standard InChI is InChI=1S/C19H24F3N3O5/c1-12(2)24(11-17(26)30-3)18(27)13-6-8-23(9-7-13)15-5-4-14(19(20,21)22)10-16(15)25(28)29/h4-5,10,12-13H,6-9,11H2,1-3H3. The second kappa shape index (κ2) is 9.31. The Morgan fingerprint density at radius 2 is 1.90 bits per heavy atom. The lowest BCUT2D eigenvalue weighted by molar-refractivity contribution is -0.384. The van der Waals surface area contributed by atoms with Gasteiger partial charge in [0.25, 0.3) is 5.69 Å². The van der Waals surface area contributed by atoms with Crippen LogP contribution in [-0.2, 0) is 20.5 Å². The molecule has 0 atom stereocenters. The number of anilines is 1. The fraction of sp³-hybridized carbons (Fsp3) is 0.579. The Morgan fingerprint density at radius 1 is 1.30 bits per heavy atom. The van der Waals surface area contributed by atoms with E-state index in [2.05, 4.69) is 4.74 Å². The van der Waals surface area contributed by atoms with E-state index in [9.17, 15) is 32.9 Å². The molecule has 0 radical (unpaired) electrons. The minimum Gasteiger partial charge on any atom is -0.468 e. The molecule has 0 spiro atoms. The summed E-state index contributed by atoms with van der Waals surface area (Å²) in [5.41, 5.74) is -1.61. The van der Waals surface area contributed by atoms with Crippen LogP contribution in [0, 0.1) is 16.0 Å². The summed E-state index contributed by atoms with van der Waals surface area (Å²) in [6, 6.07) is 2.23. The molecule has 0 aromatic heterocycles. The van der Waals surface area contributed by atoms with E-state index in [-0.39, 0.29) is 43.2 Å². The van der Waals surface area contributed by atoms with E-state index in [1.807, 2.05) is 0 Å². The van der Waals surface area contributed by atoms with Crippen LogP contribution in [0.5, 0.6) is 0 Å². The lowest BCUT2D eigenvalue weighted by Crippen LogP contribution is -2.47. The Hall–Kier alpha value is -2.85. The summed E-state index contributed by atoms with van der Waals surface area (Å²) in [5.74, 6) is -1.13. The zero-order valence-electron chi connectivity index (χ0n) is 16.9. The Labute approximate surface area is 171 Å². The summed E-state index contributed by atoms with van der Waals surface area (Å²) in [6.45, 7) is 3.93. The van der Waals surface area contributed by atoms with Crippen molar-refractivity contribution in [2.75, 3.05) is 31.6 Å². The summed E-state index contributed by atoms with van der Waals surface area (Å²) >= 11 is 0. The molecule has 166 valence electrons. The van der Waals surface area contributed by atoms with E-state index in [1.54, 1.807) is 18.7 Å². The lowest BCUT2D eigenvalue weighted by Gasteiger charge is -2.36. The van der Waals surface area contributed by atoms with E-state index >= 15 is 0 Å². The van der Waals surface area contributed by atoms with Crippen LogP contribution < -0.4 is 4.90 Å². The van der Waals surface area contributed by atoms with Crippen molar-refractivity contribution in [1.82, 2.24) is 4.90 Å². The maximum atomic E-state index is 12.9. The number of carbonyl (C=O) groups excluding carboxylic acids is 2. The van der Waals surface area contributed by atoms with Crippen molar-refractivity contribution in [3.8, 4) is 0 Å². The third-order valence-electron chi connectivity index (χ3n) is 5.12. The highest BCUT2D eigenvalue weighted by molar-refractivity contribution is 5.84. The molecule has 1 aliphatic rings. The highest BCUT2D eigenvalue weighted by Gasteiger charge is 2.36. The van der Waals surface area contributed by atoms with Crippen molar-refractivity contribution in [1.29, 1.82) is 0 Å². The number of nitro groups is 1. The molecule has 1 saturated heterocycles. The molecule has 1 aliphatic heterocycles. The molecule has 30 heavy (non-hydrogen) atoms. The molecule has 1 aromatic carbocycles. The van der Waals surface area contributed by atoms with Crippen LogP contribution in [0.2, 0.25) is 0 Å². The largest absolute Gasteiger partial charge is 0.468 e. The summed E-state index contributed by atoms with van der Waals surface area (Å²) < 4.78 is 43.3. The first kappa shape index (κ1) is 23.4. The van der Waals surface area contributed by atoms with Crippen molar-refractivity contribution in [2.45, 2.75) is 38.9 Å². The van der Waals surface area contributed by atoms with E-state index in [0.717, 1.165) is 12.1 Å². The van der Waals surface area contributed by atoms with Crippen LogP contribution in [-0.4, -0.2) is 54.5 Å². The topological polar surface area (TPSA) is 93.0 Å². The molecule has 8 nitrogen and oxygen atoms in total. The number of hydrogen-bond donors (Lipinski definition) is 0. The summed E-state index contributed by atoms with van der Waals surface area (Å²) in [7, 11) is 1.24. The number of halogens is 3. The van der Waals surface area contributed by atoms with Gasteiger partial charge in [0.15, 0.2) is 0 Å². The van der Waals surface area contributed by atoms with Gasteiger partial charge in [-0.25, -0.2) is 0 Å². The molecule has 1 aromatic rings. The fourth-order valence-corrected chi connectivity index (χ4v) is 3.43. The number of rotatable bonds is 6. The molecular formula is C19H24F3N3O5. The Bertz CT molecular complexity index is 805. The molecule has 1 amide bonds. The summed E-state index contributed by atoms with van der Waals surface area (Å²) in [4.78, 5) is 37.9. The molecule has 0 saturated carbocycles. The quantitative estimate of drug-likeness (QED) is 0.390.